The van der Waals surface area contributed by atoms with Gasteiger partial charge in [0.05, 0.1) is 7.11 Å². The third kappa shape index (κ3) is 1.28. The van der Waals surface area contributed by atoms with Crippen molar-refractivity contribution in [2.45, 2.75) is 31.7 Å². The minimum atomic E-state index is 0.418. The minimum absolute atomic E-state index is 0.418. The average Bonchev–Trinajstić information content (AvgIpc) is 2.87. The van der Waals surface area contributed by atoms with Gasteiger partial charge in [-0.05, 0) is 48.3 Å². The smallest absolute Gasteiger partial charge is 0.122 e. The maximum absolute atomic E-state index is 6.04. The van der Waals surface area contributed by atoms with Gasteiger partial charge in [-0.1, -0.05) is 12.1 Å². The third-order valence-electron chi connectivity index (χ3n) is 4.12. The van der Waals surface area contributed by atoms with Gasteiger partial charge in [0, 0.05) is 6.04 Å². The van der Waals surface area contributed by atoms with E-state index in [-0.39, 0.29) is 0 Å². The standard InChI is InChI=1S/C13H17NO/c1-15-11-4-2-3-9-5-6-13(7-10(9)11)8-12(13)14/h2-4,12H,5-8,14H2,1H3. The van der Waals surface area contributed by atoms with Gasteiger partial charge in [0.1, 0.15) is 5.75 Å². The number of ether oxygens (including phenoxy) is 1. The van der Waals surface area contributed by atoms with Crippen LogP contribution in [-0.2, 0) is 12.8 Å². The molecule has 2 aliphatic carbocycles. The lowest BCUT2D eigenvalue weighted by atomic mass is 9.80. The fourth-order valence-electron chi connectivity index (χ4n) is 2.93. The van der Waals surface area contributed by atoms with Crippen molar-refractivity contribution in [2.75, 3.05) is 7.11 Å². The minimum Gasteiger partial charge on any atom is -0.496 e. The van der Waals surface area contributed by atoms with Crippen LogP contribution in [0, 0.1) is 5.41 Å². The molecule has 1 saturated carbocycles. The Morgan fingerprint density at radius 3 is 2.93 bits per heavy atom. The monoisotopic (exact) mass is 203 g/mol. The van der Waals surface area contributed by atoms with E-state index in [9.17, 15) is 0 Å². The highest BCUT2D eigenvalue weighted by atomic mass is 16.5. The lowest BCUT2D eigenvalue weighted by Crippen LogP contribution is -2.22. The fraction of sp³-hybridized carbons (Fsp3) is 0.538. The predicted molar refractivity (Wildman–Crippen MR) is 60.0 cm³/mol. The molecule has 0 radical (unpaired) electrons. The van der Waals surface area contributed by atoms with E-state index < -0.39 is 0 Å². The van der Waals surface area contributed by atoms with Crippen LogP contribution >= 0.6 is 0 Å². The Morgan fingerprint density at radius 2 is 2.27 bits per heavy atom. The lowest BCUT2D eigenvalue weighted by molar-refractivity contribution is 0.378. The zero-order valence-electron chi connectivity index (χ0n) is 9.12. The average molecular weight is 203 g/mol. The summed E-state index contributed by atoms with van der Waals surface area (Å²) in [4.78, 5) is 0. The molecule has 80 valence electrons. The highest BCUT2D eigenvalue weighted by Crippen LogP contribution is 2.54. The number of hydrogen-bond acceptors (Lipinski definition) is 2. The molecule has 2 aliphatic rings. The molecule has 0 amide bonds. The van der Waals surface area contributed by atoms with E-state index in [1.807, 2.05) is 0 Å². The van der Waals surface area contributed by atoms with Crippen LogP contribution in [0.5, 0.6) is 5.75 Å². The van der Waals surface area contributed by atoms with Gasteiger partial charge >= 0.3 is 0 Å². The van der Waals surface area contributed by atoms with Crippen molar-refractivity contribution >= 4 is 0 Å². The van der Waals surface area contributed by atoms with Gasteiger partial charge in [-0.25, -0.2) is 0 Å². The molecule has 2 nitrogen and oxygen atoms in total. The van der Waals surface area contributed by atoms with E-state index >= 15 is 0 Å². The maximum Gasteiger partial charge on any atom is 0.122 e. The summed E-state index contributed by atoms with van der Waals surface area (Å²) in [7, 11) is 1.75. The Morgan fingerprint density at radius 1 is 1.47 bits per heavy atom. The Balaban J connectivity index is 2.00. The molecule has 2 N–H and O–H groups in total. The molecule has 0 bridgehead atoms. The first-order valence-corrected chi connectivity index (χ1v) is 5.65. The first kappa shape index (κ1) is 9.22. The molecule has 0 aliphatic heterocycles. The van der Waals surface area contributed by atoms with Crippen molar-refractivity contribution in [1.29, 1.82) is 0 Å². The van der Waals surface area contributed by atoms with Crippen molar-refractivity contribution in [1.82, 2.24) is 0 Å². The molecule has 3 rings (SSSR count). The van der Waals surface area contributed by atoms with E-state index in [2.05, 4.69) is 18.2 Å². The molecule has 2 heteroatoms. The molecule has 1 fully saturated rings. The first-order valence-electron chi connectivity index (χ1n) is 5.65. The van der Waals surface area contributed by atoms with E-state index in [1.54, 1.807) is 7.11 Å². The topological polar surface area (TPSA) is 35.2 Å². The molecule has 0 heterocycles. The molecule has 2 unspecified atom stereocenters. The predicted octanol–water partition coefficient (Wildman–Crippen LogP) is 1.90. The van der Waals surface area contributed by atoms with Crippen molar-refractivity contribution in [3.05, 3.63) is 29.3 Å². The van der Waals surface area contributed by atoms with Crippen LogP contribution in [0.15, 0.2) is 18.2 Å². The number of aryl methyl sites for hydroxylation is 1. The highest BCUT2D eigenvalue weighted by Gasteiger charge is 2.53. The van der Waals surface area contributed by atoms with Gasteiger partial charge in [-0.15, -0.1) is 0 Å². The Bertz CT molecular complexity index is 387. The number of fused-ring (bicyclic) bond motifs is 1. The van der Waals surface area contributed by atoms with E-state index in [4.69, 9.17) is 10.5 Å². The number of methoxy groups -OCH3 is 1. The molecule has 0 saturated heterocycles. The summed E-state index contributed by atoms with van der Waals surface area (Å²) in [5, 5.41) is 0. The van der Waals surface area contributed by atoms with Crippen LogP contribution in [0.1, 0.15) is 24.0 Å². The van der Waals surface area contributed by atoms with E-state index in [0.717, 1.165) is 12.2 Å². The van der Waals surface area contributed by atoms with Crippen molar-refractivity contribution < 1.29 is 4.74 Å². The summed E-state index contributed by atoms with van der Waals surface area (Å²) in [6.45, 7) is 0. The van der Waals surface area contributed by atoms with Gasteiger partial charge in [0.2, 0.25) is 0 Å². The number of hydrogen-bond donors (Lipinski definition) is 1. The van der Waals surface area contributed by atoms with Crippen LogP contribution in [0.2, 0.25) is 0 Å². The van der Waals surface area contributed by atoms with Gasteiger partial charge in [0.15, 0.2) is 0 Å². The van der Waals surface area contributed by atoms with E-state index in [0.29, 0.717) is 11.5 Å². The van der Waals surface area contributed by atoms with Crippen LogP contribution in [0.4, 0.5) is 0 Å². The second-order valence-corrected chi connectivity index (χ2v) is 4.95. The summed E-state index contributed by atoms with van der Waals surface area (Å²) in [6, 6.07) is 6.79. The Labute approximate surface area is 90.4 Å². The van der Waals surface area contributed by atoms with Gasteiger partial charge < -0.3 is 10.5 Å². The quantitative estimate of drug-likeness (QED) is 0.756. The summed E-state index contributed by atoms with van der Waals surface area (Å²) in [5.74, 6) is 1.05. The van der Waals surface area contributed by atoms with Crippen LogP contribution in [0.3, 0.4) is 0 Å². The summed E-state index contributed by atoms with van der Waals surface area (Å²) >= 11 is 0. The Hall–Kier alpha value is -1.02. The summed E-state index contributed by atoms with van der Waals surface area (Å²) < 4.78 is 5.43. The molecule has 15 heavy (non-hydrogen) atoms. The number of rotatable bonds is 1. The zero-order valence-corrected chi connectivity index (χ0v) is 9.12. The molecular weight excluding hydrogens is 186 g/mol. The SMILES string of the molecule is COc1cccc2c1CC1(CC2)CC1N. The third-order valence-corrected chi connectivity index (χ3v) is 4.12. The van der Waals surface area contributed by atoms with Gasteiger partial charge in [0.25, 0.3) is 0 Å². The zero-order chi connectivity index (χ0) is 10.5. The lowest BCUT2D eigenvalue weighted by Gasteiger charge is -2.26. The van der Waals surface area contributed by atoms with Crippen molar-refractivity contribution in [3.8, 4) is 5.75 Å². The maximum atomic E-state index is 6.04. The molecule has 1 aromatic rings. The molecule has 1 aromatic carbocycles. The van der Waals surface area contributed by atoms with Crippen LogP contribution < -0.4 is 10.5 Å². The van der Waals surface area contributed by atoms with Crippen LogP contribution in [0.25, 0.3) is 0 Å². The molecular formula is C13H17NO. The normalized spacial score (nSPS) is 32.5. The highest BCUT2D eigenvalue weighted by molar-refractivity contribution is 5.44. The van der Waals surface area contributed by atoms with Crippen LogP contribution in [-0.4, -0.2) is 13.2 Å². The largest absolute Gasteiger partial charge is 0.496 e. The first-order chi connectivity index (χ1) is 7.25. The molecule has 1 spiro atoms. The molecule has 0 aromatic heterocycles. The fourth-order valence-corrected chi connectivity index (χ4v) is 2.93. The second kappa shape index (κ2) is 2.99. The van der Waals surface area contributed by atoms with Gasteiger partial charge in [-0.3, -0.25) is 0 Å². The summed E-state index contributed by atoms with van der Waals surface area (Å²) in [5.41, 5.74) is 9.32. The summed E-state index contributed by atoms with van der Waals surface area (Å²) in [6.07, 6.45) is 4.74. The number of benzene rings is 1. The second-order valence-electron chi connectivity index (χ2n) is 4.95. The van der Waals surface area contributed by atoms with Gasteiger partial charge in [-0.2, -0.15) is 0 Å². The van der Waals surface area contributed by atoms with Crippen molar-refractivity contribution in [3.63, 3.8) is 0 Å². The van der Waals surface area contributed by atoms with Crippen molar-refractivity contribution in [2.24, 2.45) is 11.1 Å². The number of nitrogens with two attached hydrogens (primary N) is 1. The Kier molecular flexibility index (Phi) is 1.84. The molecule has 2 atom stereocenters. The van der Waals surface area contributed by atoms with E-state index in [1.165, 1.54) is 30.4 Å².